The molecule has 6 nitrogen and oxygen atoms in total. The molecule has 0 heterocycles. The summed E-state index contributed by atoms with van der Waals surface area (Å²) in [6, 6.07) is 9.18. The van der Waals surface area contributed by atoms with Crippen LogP contribution in [0.3, 0.4) is 0 Å². The molecule has 2 rings (SSSR count). The summed E-state index contributed by atoms with van der Waals surface area (Å²) in [5.41, 5.74) is 0.626. The van der Waals surface area contributed by atoms with Gasteiger partial charge in [0.05, 0.1) is 27.0 Å². The smallest absolute Gasteiger partial charge is 0.412 e. The lowest BCUT2D eigenvalue weighted by Crippen LogP contribution is -2.14. The second-order valence-corrected chi connectivity index (χ2v) is 4.67. The third-order valence-corrected chi connectivity index (χ3v) is 3.26. The van der Waals surface area contributed by atoms with Crippen molar-refractivity contribution in [3.63, 3.8) is 0 Å². The number of ether oxygens (including phenoxy) is 4. The van der Waals surface area contributed by atoms with Gasteiger partial charge in [-0.1, -0.05) is 12.1 Å². The number of para-hydroxylation sites is 1. The van der Waals surface area contributed by atoms with Gasteiger partial charge in [-0.05, 0) is 24.3 Å². The topological polar surface area (TPSA) is 66.0 Å². The molecule has 24 heavy (non-hydrogen) atoms. The quantitative estimate of drug-likeness (QED) is 0.874. The highest BCUT2D eigenvalue weighted by Crippen LogP contribution is 2.39. The van der Waals surface area contributed by atoms with Gasteiger partial charge in [0.2, 0.25) is 5.75 Å². The minimum Gasteiger partial charge on any atom is -0.493 e. The Morgan fingerprint density at radius 1 is 1.00 bits per heavy atom. The molecule has 0 bridgehead atoms. The predicted octanol–water partition coefficient (Wildman–Crippen LogP) is 3.60. The number of carbonyl (C=O) groups is 1. The van der Waals surface area contributed by atoms with Gasteiger partial charge in [-0.25, -0.2) is 9.18 Å². The number of methoxy groups -OCH3 is 3. The van der Waals surface area contributed by atoms with Gasteiger partial charge in [-0.3, -0.25) is 5.32 Å². The maximum atomic E-state index is 13.5. The zero-order valence-electron chi connectivity index (χ0n) is 13.6. The van der Waals surface area contributed by atoms with E-state index < -0.39 is 11.9 Å². The first-order valence-electron chi connectivity index (χ1n) is 7.06. The Bertz CT molecular complexity index is 720. The average molecular weight is 335 g/mol. The van der Waals surface area contributed by atoms with Crippen molar-refractivity contribution in [2.45, 2.75) is 6.61 Å². The molecule has 0 saturated carbocycles. The summed E-state index contributed by atoms with van der Waals surface area (Å²) in [6.07, 6.45) is -0.781. The minimum absolute atomic E-state index is 0.0433. The van der Waals surface area contributed by atoms with Crippen molar-refractivity contribution in [3.05, 3.63) is 47.8 Å². The molecule has 2 aromatic rings. The first-order chi connectivity index (χ1) is 11.6. The Morgan fingerprint density at radius 2 is 1.71 bits per heavy atom. The Balaban J connectivity index is 2.09. The lowest BCUT2D eigenvalue weighted by atomic mass is 10.2. The molecule has 0 fully saturated rings. The fourth-order valence-electron chi connectivity index (χ4n) is 2.13. The summed E-state index contributed by atoms with van der Waals surface area (Å²) in [6.45, 7) is -0.0796. The fraction of sp³-hybridized carbons (Fsp3) is 0.235. The minimum atomic E-state index is -0.781. The molecule has 0 spiro atoms. The number of rotatable bonds is 6. The van der Waals surface area contributed by atoms with Crippen molar-refractivity contribution >= 4 is 11.8 Å². The van der Waals surface area contributed by atoms with Gasteiger partial charge in [0.15, 0.2) is 11.5 Å². The molecule has 7 heteroatoms. The highest BCUT2D eigenvalue weighted by molar-refractivity contribution is 5.84. The highest BCUT2D eigenvalue weighted by Gasteiger charge is 2.17. The monoisotopic (exact) mass is 335 g/mol. The summed E-state index contributed by atoms with van der Waals surface area (Å²) >= 11 is 0. The molecule has 1 N–H and O–H groups in total. The molecule has 1 amide bonds. The van der Waals surface area contributed by atoms with E-state index in [0.29, 0.717) is 22.8 Å². The van der Waals surface area contributed by atoms with Gasteiger partial charge in [-0.2, -0.15) is 0 Å². The summed E-state index contributed by atoms with van der Waals surface area (Å²) in [7, 11) is 4.46. The van der Waals surface area contributed by atoms with E-state index in [-0.39, 0.29) is 12.3 Å². The van der Waals surface area contributed by atoms with Crippen molar-refractivity contribution in [2.24, 2.45) is 0 Å². The maximum absolute atomic E-state index is 13.5. The van der Waals surface area contributed by atoms with Crippen LogP contribution in [-0.4, -0.2) is 27.4 Å². The van der Waals surface area contributed by atoms with Crippen LogP contribution in [0.4, 0.5) is 14.9 Å². The SMILES string of the molecule is COc1ccc(COC(=O)Nc2ccccc2F)c(OC)c1OC. The van der Waals surface area contributed by atoms with Gasteiger partial charge in [0.25, 0.3) is 0 Å². The maximum Gasteiger partial charge on any atom is 0.412 e. The lowest BCUT2D eigenvalue weighted by Gasteiger charge is -2.16. The van der Waals surface area contributed by atoms with Gasteiger partial charge < -0.3 is 18.9 Å². The van der Waals surface area contributed by atoms with E-state index in [4.69, 9.17) is 18.9 Å². The number of halogens is 1. The summed E-state index contributed by atoms with van der Waals surface area (Å²) < 4.78 is 34.4. The largest absolute Gasteiger partial charge is 0.493 e. The molecule has 0 aliphatic heterocycles. The molecule has 0 saturated heterocycles. The molecule has 0 atom stereocenters. The first-order valence-corrected chi connectivity index (χ1v) is 7.06. The normalized spacial score (nSPS) is 10.0. The first kappa shape index (κ1) is 17.4. The van der Waals surface area contributed by atoms with E-state index in [9.17, 15) is 9.18 Å². The number of benzene rings is 2. The lowest BCUT2D eigenvalue weighted by molar-refractivity contribution is 0.153. The second kappa shape index (κ2) is 8.05. The van der Waals surface area contributed by atoms with Crippen molar-refractivity contribution in [1.82, 2.24) is 0 Å². The molecule has 2 aromatic carbocycles. The van der Waals surface area contributed by atoms with Crippen LogP contribution in [0.25, 0.3) is 0 Å². The van der Waals surface area contributed by atoms with Gasteiger partial charge >= 0.3 is 6.09 Å². The third kappa shape index (κ3) is 3.87. The summed E-state index contributed by atoms with van der Waals surface area (Å²) in [5, 5.41) is 2.34. The Labute approximate surface area is 139 Å². The molecule has 0 aliphatic carbocycles. The number of nitrogens with one attached hydrogen (secondary N) is 1. The van der Waals surface area contributed by atoms with E-state index in [1.165, 1.54) is 39.5 Å². The van der Waals surface area contributed by atoms with Gasteiger partial charge in [0, 0.05) is 5.56 Å². The fourth-order valence-corrected chi connectivity index (χ4v) is 2.13. The van der Waals surface area contributed by atoms with Crippen molar-refractivity contribution < 1.29 is 28.1 Å². The van der Waals surface area contributed by atoms with E-state index in [1.807, 2.05) is 0 Å². The molecule has 0 radical (unpaired) electrons. The zero-order valence-corrected chi connectivity index (χ0v) is 13.6. The number of hydrogen-bond donors (Lipinski definition) is 1. The van der Waals surface area contributed by atoms with Crippen LogP contribution in [0.1, 0.15) is 5.56 Å². The van der Waals surface area contributed by atoms with Crippen LogP contribution >= 0.6 is 0 Å². The van der Waals surface area contributed by atoms with E-state index in [0.717, 1.165) is 0 Å². The van der Waals surface area contributed by atoms with Crippen LogP contribution in [0.15, 0.2) is 36.4 Å². The molecule has 128 valence electrons. The highest BCUT2D eigenvalue weighted by atomic mass is 19.1. The molecule has 0 aromatic heterocycles. The molecular weight excluding hydrogens is 317 g/mol. The average Bonchev–Trinajstić information content (AvgIpc) is 2.60. The third-order valence-electron chi connectivity index (χ3n) is 3.26. The van der Waals surface area contributed by atoms with Crippen molar-refractivity contribution in [1.29, 1.82) is 0 Å². The van der Waals surface area contributed by atoms with Crippen LogP contribution in [0.5, 0.6) is 17.2 Å². The van der Waals surface area contributed by atoms with Crippen molar-refractivity contribution in [3.8, 4) is 17.2 Å². The molecular formula is C17H18FNO5. The standard InChI is InChI=1S/C17H18FNO5/c1-21-14-9-8-11(15(22-2)16(14)23-3)10-24-17(20)19-13-7-5-4-6-12(13)18/h4-9H,10H2,1-3H3,(H,19,20). The Kier molecular flexibility index (Phi) is 5.83. The van der Waals surface area contributed by atoms with Crippen LogP contribution < -0.4 is 19.5 Å². The Morgan fingerprint density at radius 3 is 2.33 bits per heavy atom. The van der Waals surface area contributed by atoms with Crippen LogP contribution in [0.2, 0.25) is 0 Å². The van der Waals surface area contributed by atoms with Crippen LogP contribution in [-0.2, 0) is 11.3 Å². The van der Waals surface area contributed by atoms with Crippen molar-refractivity contribution in [2.75, 3.05) is 26.6 Å². The van der Waals surface area contributed by atoms with Crippen LogP contribution in [0, 0.1) is 5.82 Å². The van der Waals surface area contributed by atoms with Gasteiger partial charge in [-0.15, -0.1) is 0 Å². The summed E-state index contributed by atoms with van der Waals surface area (Å²) in [5.74, 6) is 0.748. The zero-order chi connectivity index (χ0) is 17.5. The van der Waals surface area contributed by atoms with E-state index in [2.05, 4.69) is 5.32 Å². The number of carbonyl (C=O) groups excluding carboxylic acids is 1. The number of hydrogen-bond acceptors (Lipinski definition) is 5. The Hall–Kier alpha value is -2.96. The number of anilines is 1. The van der Waals surface area contributed by atoms with E-state index >= 15 is 0 Å². The molecule has 0 unspecified atom stereocenters. The number of amides is 1. The second-order valence-electron chi connectivity index (χ2n) is 4.67. The molecule has 0 aliphatic rings. The predicted molar refractivity (Wildman–Crippen MR) is 86.3 cm³/mol. The van der Waals surface area contributed by atoms with E-state index in [1.54, 1.807) is 18.2 Å². The summed E-state index contributed by atoms with van der Waals surface area (Å²) in [4.78, 5) is 11.8. The van der Waals surface area contributed by atoms with Gasteiger partial charge in [0.1, 0.15) is 12.4 Å².